The SMILES string of the molecule is CC(C)=CC(OC(=O)C(C)C)c1cc(O)c2c(c1O)C(=O)C=CC2=O. The summed E-state index contributed by atoms with van der Waals surface area (Å²) in [6.07, 6.45) is 2.66. The van der Waals surface area contributed by atoms with Crippen LogP contribution in [0.3, 0.4) is 0 Å². The van der Waals surface area contributed by atoms with Gasteiger partial charge in [0.25, 0.3) is 0 Å². The van der Waals surface area contributed by atoms with Crippen LogP contribution in [0.4, 0.5) is 0 Å². The van der Waals surface area contributed by atoms with Crippen molar-refractivity contribution in [2.45, 2.75) is 33.8 Å². The Balaban J connectivity index is 2.64. The van der Waals surface area contributed by atoms with Crippen molar-refractivity contribution in [2.24, 2.45) is 5.92 Å². The molecule has 132 valence electrons. The van der Waals surface area contributed by atoms with Gasteiger partial charge in [0.1, 0.15) is 17.6 Å². The van der Waals surface area contributed by atoms with Crippen molar-refractivity contribution in [3.63, 3.8) is 0 Å². The number of aromatic hydroxyl groups is 2. The Morgan fingerprint density at radius 2 is 1.64 bits per heavy atom. The van der Waals surface area contributed by atoms with Crippen molar-refractivity contribution in [3.8, 4) is 11.5 Å². The third kappa shape index (κ3) is 3.63. The summed E-state index contributed by atoms with van der Waals surface area (Å²) in [5.41, 5.74) is 0.318. The maximum Gasteiger partial charge on any atom is 0.309 e. The van der Waals surface area contributed by atoms with Gasteiger partial charge in [-0.15, -0.1) is 0 Å². The second kappa shape index (κ2) is 6.93. The minimum absolute atomic E-state index is 0.0444. The number of benzene rings is 1. The van der Waals surface area contributed by atoms with Crippen LogP contribution in [0.25, 0.3) is 0 Å². The first-order chi connectivity index (χ1) is 11.6. The first kappa shape index (κ1) is 18.4. The Morgan fingerprint density at radius 3 is 2.16 bits per heavy atom. The van der Waals surface area contributed by atoms with Gasteiger partial charge < -0.3 is 14.9 Å². The number of hydrogen-bond donors (Lipinski definition) is 2. The summed E-state index contributed by atoms with van der Waals surface area (Å²) >= 11 is 0. The maximum atomic E-state index is 12.1. The second-order valence-corrected chi connectivity index (χ2v) is 6.40. The molecule has 1 aromatic rings. The van der Waals surface area contributed by atoms with E-state index in [0.717, 1.165) is 23.8 Å². The summed E-state index contributed by atoms with van der Waals surface area (Å²) in [4.78, 5) is 36.0. The smallest absolute Gasteiger partial charge is 0.309 e. The topological polar surface area (TPSA) is 101 Å². The van der Waals surface area contributed by atoms with Crippen LogP contribution < -0.4 is 0 Å². The van der Waals surface area contributed by atoms with Gasteiger partial charge in [0.2, 0.25) is 0 Å². The van der Waals surface area contributed by atoms with Gasteiger partial charge in [0, 0.05) is 5.56 Å². The lowest BCUT2D eigenvalue weighted by Gasteiger charge is -2.21. The first-order valence-corrected chi connectivity index (χ1v) is 7.84. The third-order valence-electron chi connectivity index (χ3n) is 3.69. The van der Waals surface area contributed by atoms with E-state index in [1.54, 1.807) is 33.8 Å². The van der Waals surface area contributed by atoms with Gasteiger partial charge >= 0.3 is 5.97 Å². The summed E-state index contributed by atoms with van der Waals surface area (Å²) in [7, 11) is 0. The predicted octanol–water partition coefficient (Wildman–Crippen LogP) is 3.24. The van der Waals surface area contributed by atoms with Crippen LogP contribution in [0.5, 0.6) is 11.5 Å². The summed E-state index contributed by atoms with van der Waals surface area (Å²) < 4.78 is 5.40. The van der Waals surface area contributed by atoms with Crippen molar-refractivity contribution < 1.29 is 29.3 Å². The molecule has 0 radical (unpaired) electrons. The highest BCUT2D eigenvalue weighted by Gasteiger charge is 2.31. The Kier molecular flexibility index (Phi) is 5.11. The Labute approximate surface area is 145 Å². The molecule has 2 rings (SSSR count). The highest BCUT2D eigenvalue weighted by molar-refractivity contribution is 6.24. The number of ketones is 2. The van der Waals surface area contributed by atoms with Crippen LogP contribution >= 0.6 is 0 Å². The van der Waals surface area contributed by atoms with E-state index in [1.165, 1.54) is 0 Å². The number of rotatable bonds is 4. The molecule has 0 amide bonds. The normalized spacial score (nSPS) is 14.3. The van der Waals surface area contributed by atoms with Gasteiger partial charge in [0.05, 0.1) is 17.0 Å². The molecule has 0 saturated heterocycles. The van der Waals surface area contributed by atoms with Crippen molar-refractivity contribution >= 4 is 17.5 Å². The van der Waals surface area contributed by atoms with Gasteiger partial charge in [-0.3, -0.25) is 14.4 Å². The van der Waals surface area contributed by atoms with Crippen LogP contribution in [-0.2, 0) is 9.53 Å². The summed E-state index contributed by atoms with van der Waals surface area (Å²) in [5, 5.41) is 20.7. The van der Waals surface area contributed by atoms with Crippen molar-refractivity contribution in [1.29, 1.82) is 0 Å². The van der Waals surface area contributed by atoms with Crippen LogP contribution in [0.15, 0.2) is 29.9 Å². The van der Waals surface area contributed by atoms with Gasteiger partial charge in [-0.1, -0.05) is 19.4 Å². The Bertz CT molecular complexity index is 810. The zero-order chi connectivity index (χ0) is 18.9. The van der Waals surface area contributed by atoms with Crippen molar-refractivity contribution in [2.75, 3.05) is 0 Å². The molecule has 1 atom stereocenters. The molecule has 1 unspecified atom stereocenters. The molecule has 0 heterocycles. The van der Waals surface area contributed by atoms with Gasteiger partial charge in [-0.05, 0) is 38.1 Å². The first-order valence-electron chi connectivity index (χ1n) is 7.84. The fraction of sp³-hybridized carbons (Fsp3) is 0.316. The minimum Gasteiger partial charge on any atom is -0.507 e. The zero-order valence-electron chi connectivity index (χ0n) is 14.5. The van der Waals surface area contributed by atoms with E-state index >= 15 is 0 Å². The molecule has 0 aliphatic heterocycles. The van der Waals surface area contributed by atoms with E-state index in [9.17, 15) is 24.6 Å². The lowest BCUT2D eigenvalue weighted by atomic mass is 9.89. The lowest BCUT2D eigenvalue weighted by molar-refractivity contribution is -0.151. The van der Waals surface area contributed by atoms with Gasteiger partial charge in [0.15, 0.2) is 11.6 Å². The molecule has 6 nitrogen and oxygen atoms in total. The quantitative estimate of drug-likeness (QED) is 0.494. The van der Waals surface area contributed by atoms with Crippen molar-refractivity contribution in [1.82, 2.24) is 0 Å². The summed E-state index contributed by atoms with van der Waals surface area (Å²) in [6.45, 7) is 6.89. The number of carbonyl (C=O) groups is 3. The van der Waals surface area contributed by atoms with Gasteiger partial charge in [-0.25, -0.2) is 0 Å². The van der Waals surface area contributed by atoms with E-state index in [2.05, 4.69) is 0 Å². The molecule has 0 fully saturated rings. The molecule has 0 bridgehead atoms. The molecule has 1 aromatic carbocycles. The fourth-order valence-corrected chi connectivity index (χ4v) is 2.45. The highest BCUT2D eigenvalue weighted by Crippen LogP contribution is 2.40. The Hall–Kier alpha value is -2.89. The molecule has 25 heavy (non-hydrogen) atoms. The zero-order valence-corrected chi connectivity index (χ0v) is 14.5. The minimum atomic E-state index is -0.995. The number of ether oxygens (including phenoxy) is 1. The molecule has 0 aromatic heterocycles. The molecule has 1 aliphatic carbocycles. The van der Waals surface area contributed by atoms with Gasteiger partial charge in [-0.2, -0.15) is 0 Å². The van der Waals surface area contributed by atoms with E-state index in [4.69, 9.17) is 4.74 Å². The largest absolute Gasteiger partial charge is 0.507 e. The van der Waals surface area contributed by atoms with Crippen LogP contribution in [0, 0.1) is 5.92 Å². The fourth-order valence-electron chi connectivity index (χ4n) is 2.45. The van der Waals surface area contributed by atoms with Crippen molar-refractivity contribution in [3.05, 3.63) is 46.6 Å². The summed E-state index contributed by atoms with van der Waals surface area (Å²) in [6, 6.07) is 1.15. The number of fused-ring (bicyclic) bond motifs is 1. The van der Waals surface area contributed by atoms with E-state index in [-0.39, 0.29) is 16.7 Å². The average molecular weight is 344 g/mol. The number of carbonyl (C=O) groups excluding carboxylic acids is 3. The Morgan fingerprint density at radius 1 is 1.08 bits per heavy atom. The number of esters is 1. The molecular weight excluding hydrogens is 324 g/mol. The highest BCUT2D eigenvalue weighted by atomic mass is 16.5. The standard InChI is InChI=1S/C19H20O6/c1-9(2)7-15(25-19(24)10(3)4)11-8-14(22)16-12(20)5-6-13(21)17(16)18(11)23/h5-8,10,15,22-23H,1-4H3. The van der Waals surface area contributed by atoms with E-state index < -0.39 is 41.1 Å². The predicted molar refractivity (Wildman–Crippen MR) is 90.7 cm³/mol. The van der Waals surface area contributed by atoms with Crippen LogP contribution in [0.1, 0.15) is 60.1 Å². The van der Waals surface area contributed by atoms with E-state index in [1.807, 2.05) is 0 Å². The third-order valence-corrected chi connectivity index (χ3v) is 3.69. The lowest BCUT2D eigenvalue weighted by Crippen LogP contribution is -2.18. The monoisotopic (exact) mass is 344 g/mol. The molecule has 0 saturated carbocycles. The van der Waals surface area contributed by atoms with E-state index in [0.29, 0.717) is 0 Å². The number of phenols is 2. The molecule has 1 aliphatic rings. The number of hydrogen-bond acceptors (Lipinski definition) is 6. The average Bonchev–Trinajstić information content (AvgIpc) is 2.51. The van der Waals surface area contributed by atoms with Crippen LogP contribution in [0.2, 0.25) is 0 Å². The maximum absolute atomic E-state index is 12.1. The number of phenolic OH excluding ortho intramolecular Hbond substituents is 2. The molecular formula is C19H20O6. The number of allylic oxidation sites excluding steroid dienone is 3. The summed E-state index contributed by atoms with van der Waals surface area (Å²) in [5.74, 6) is -3.00. The van der Waals surface area contributed by atoms with Crippen LogP contribution in [-0.4, -0.2) is 27.7 Å². The molecule has 0 spiro atoms. The molecule has 2 N–H and O–H groups in total. The molecule has 6 heteroatoms. The second-order valence-electron chi connectivity index (χ2n) is 6.40.